The Balaban J connectivity index is 1.91. The largest absolute Gasteiger partial charge is 0.399 e. The number of nitrogen functional groups attached to an aromatic ring is 1. The van der Waals surface area contributed by atoms with Gasteiger partial charge in [0.1, 0.15) is 0 Å². The van der Waals surface area contributed by atoms with Crippen LogP contribution in [0.3, 0.4) is 0 Å². The Labute approximate surface area is 105 Å². The molecule has 2 aliphatic heterocycles. The van der Waals surface area contributed by atoms with Gasteiger partial charge in [-0.1, -0.05) is 23.9 Å². The Morgan fingerprint density at radius 1 is 1.18 bits per heavy atom. The average molecular weight is 245 g/mol. The van der Waals surface area contributed by atoms with Crippen LogP contribution in [0.25, 0.3) is 5.70 Å². The maximum Gasteiger partial charge on any atom is 0.168 e. The molecule has 0 aliphatic carbocycles. The van der Waals surface area contributed by atoms with Crippen LogP contribution < -0.4 is 5.73 Å². The molecule has 0 unspecified atom stereocenters. The minimum absolute atomic E-state index is 0.810. The number of rotatable bonds is 1. The minimum Gasteiger partial charge on any atom is -0.399 e. The highest BCUT2D eigenvalue weighted by atomic mass is 32.2. The van der Waals surface area contributed by atoms with E-state index in [4.69, 9.17) is 5.73 Å². The molecule has 0 spiro atoms. The van der Waals surface area contributed by atoms with E-state index >= 15 is 0 Å². The third-order valence-electron chi connectivity index (χ3n) is 3.04. The molecule has 1 aromatic carbocycles. The molecule has 0 bridgehead atoms. The van der Waals surface area contributed by atoms with E-state index in [0.29, 0.717) is 0 Å². The highest BCUT2D eigenvalue weighted by molar-refractivity contribution is 8.16. The van der Waals surface area contributed by atoms with Gasteiger partial charge >= 0.3 is 0 Å². The number of thioether (sulfide) groups is 1. The lowest BCUT2D eigenvalue weighted by Gasteiger charge is -2.20. The Morgan fingerprint density at radius 2 is 2.00 bits per heavy atom. The van der Waals surface area contributed by atoms with Crippen LogP contribution >= 0.6 is 11.8 Å². The van der Waals surface area contributed by atoms with Crippen molar-refractivity contribution in [2.75, 3.05) is 18.8 Å². The molecule has 2 heterocycles. The number of hydrogen-bond acceptors (Lipinski definition) is 4. The van der Waals surface area contributed by atoms with Gasteiger partial charge < -0.3 is 10.6 Å². The van der Waals surface area contributed by atoms with E-state index in [9.17, 15) is 0 Å². The fraction of sp³-hybridized carbons (Fsp3) is 0.308. The zero-order chi connectivity index (χ0) is 11.7. The molecule has 4 heteroatoms. The molecule has 0 radical (unpaired) electrons. The zero-order valence-electron chi connectivity index (χ0n) is 9.60. The smallest absolute Gasteiger partial charge is 0.168 e. The summed E-state index contributed by atoms with van der Waals surface area (Å²) < 4.78 is 0. The van der Waals surface area contributed by atoms with E-state index in [1.807, 2.05) is 12.1 Å². The van der Waals surface area contributed by atoms with Gasteiger partial charge in [-0.3, -0.25) is 4.99 Å². The topological polar surface area (TPSA) is 41.6 Å². The van der Waals surface area contributed by atoms with Crippen molar-refractivity contribution in [2.24, 2.45) is 4.99 Å². The van der Waals surface area contributed by atoms with E-state index in [-0.39, 0.29) is 0 Å². The van der Waals surface area contributed by atoms with Crippen LogP contribution in [-0.4, -0.2) is 23.2 Å². The van der Waals surface area contributed by atoms with Gasteiger partial charge in [0.05, 0.1) is 5.70 Å². The summed E-state index contributed by atoms with van der Waals surface area (Å²) in [5.74, 6) is 0. The van der Waals surface area contributed by atoms with Crippen LogP contribution in [0, 0.1) is 0 Å². The first-order valence-corrected chi connectivity index (χ1v) is 6.77. The Morgan fingerprint density at radius 3 is 2.82 bits per heavy atom. The van der Waals surface area contributed by atoms with E-state index in [1.165, 1.54) is 24.1 Å². The first-order chi connectivity index (χ1) is 8.34. The summed E-state index contributed by atoms with van der Waals surface area (Å²) in [6, 6.07) is 8.06. The summed E-state index contributed by atoms with van der Waals surface area (Å²) >= 11 is 1.73. The third kappa shape index (κ3) is 2.05. The van der Waals surface area contributed by atoms with Gasteiger partial charge in [-0.05, 0) is 30.5 Å². The summed E-state index contributed by atoms with van der Waals surface area (Å²) in [6.45, 7) is 2.03. The number of aliphatic imine (C=N–C) groups is 1. The lowest BCUT2D eigenvalue weighted by Crippen LogP contribution is -2.23. The predicted octanol–water partition coefficient (Wildman–Crippen LogP) is 2.77. The highest BCUT2D eigenvalue weighted by Crippen LogP contribution is 2.34. The second kappa shape index (κ2) is 4.45. The number of anilines is 1. The van der Waals surface area contributed by atoms with Crippen molar-refractivity contribution in [2.45, 2.75) is 12.8 Å². The molecule has 0 fully saturated rings. The van der Waals surface area contributed by atoms with E-state index in [0.717, 1.165) is 23.9 Å². The van der Waals surface area contributed by atoms with Crippen LogP contribution in [0.4, 0.5) is 5.69 Å². The van der Waals surface area contributed by atoms with Gasteiger partial charge in [0.15, 0.2) is 5.17 Å². The van der Waals surface area contributed by atoms with Gasteiger partial charge in [0.2, 0.25) is 0 Å². The molecule has 0 saturated carbocycles. The van der Waals surface area contributed by atoms with Crippen LogP contribution in [0.1, 0.15) is 18.4 Å². The van der Waals surface area contributed by atoms with Crippen molar-refractivity contribution in [3.8, 4) is 0 Å². The van der Waals surface area contributed by atoms with Crippen LogP contribution in [0.15, 0.2) is 34.7 Å². The predicted molar refractivity (Wildman–Crippen MR) is 74.7 cm³/mol. The van der Waals surface area contributed by atoms with Gasteiger partial charge in [-0.25, -0.2) is 0 Å². The number of hydrogen-bond donors (Lipinski definition) is 1. The van der Waals surface area contributed by atoms with Crippen LogP contribution in [0.5, 0.6) is 0 Å². The molecule has 3 nitrogen and oxygen atoms in total. The molecular weight excluding hydrogens is 230 g/mol. The van der Waals surface area contributed by atoms with Gasteiger partial charge in [-0.15, -0.1) is 0 Å². The Kier molecular flexibility index (Phi) is 2.81. The fourth-order valence-corrected chi connectivity index (χ4v) is 3.07. The molecule has 0 amide bonds. The number of amidine groups is 1. The summed E-state index contributed by atoms with van der Waals surface area (Å²) in [5.41, 5.74) is 9.01. The first-order valence-electron chi connectivity index (χ1n) is 5.89. The molecule has 0 atom stereocenters. The SMILES string of the molecule is Nc1ccc(C2=CSC3=NCCCCN23)cc1. The van der Waals surface area contributed by atoms with Crippen molar-refractivity contribution >= 4 is 28.3 Å². The molecule has 3 rings (SSSR count). The molecule has 17 heavy (non-hydrogen) atoms. The average Bonchev–Trinajstić information content (AvgIpc) is 2.60. The molecule has 2 aliphatic rings. The highest BCUT2D eigenvalue weighted by Gasteiger charge is 2.24. The van der Waals surface area contributed by atoms with Gasteiger partial charge in [-0.2, -0.15) is 0 Å². The second-order valence-corrected chi connectivity index (χ2v) is 5.10. The monoisotopic (exact) mass is 245 g/mol. The summed E-state index contributed by atoms with van der Waals surface area (Å²) in [5, 5.41) is 3.34. The van der Waals surface area contributed by atoms with Gasteiger partial charge in [0, 0.05) is 24.2 Å². The normalized spacial score (nSPS) is 19.4. The van der Waals surface area contributed by atoms with Crippen LogP contribution in [0.2, 0.25) is 0 Å². The third-order valence-corrected chi connectivity index (χ3v) is 3.94. The standard InChI is InChI=1S/C13H15N3S/c14-11-5-3-10(4-6-11)12-9-17-13-15-7-1-2-8-16(12)13/h3-6,9H,1-2,7-8,14H2. The molecule has 88 valence electrons. The second-order valence-electron chi connectivity index (χ2n) is 4.27. The summed E-state index contributed by atoms with van der Waals surface area (Å²) in [6.07, 6.45) is 2.40. The number of fused-ring (bicyclic) bond motifs is 1. The zero-order valence-corrected chi connectivity index (χ0v) is 10.4. The van der Waals surface area contributed by atoms with Crippen molar-refractivity contribution in [3.05, 3.63) is 35.2 Å². The molecular formula is C13H15N3S. The molecule has 0 saturated heterocycles. The molecule has 2 N–H and O–H groups in total. The fourth-order valence-electron chi connectivity index (χ4n) is 2.11. The maximum atomic E-state index is 5.72. The van der Waals surface area contributed by atoms with E-state index in [2.05, 4.69) is 27.4 Å². The van der Waals surface area contributed by atoms with Crippen molar-refractivity contribution in [1.29, 1.82) is 0 Å². The van der Waals surface area contributed by atoms with Crippen molar-refractivity contribution in [1.82, 2.24) is 4.90 Å². The maximum absolute atomic E-state index is 5.72. The number of nitrogens with zero attached hydrogens (tertiary/aromatic N) is 2. The quantitative estimate of drug-likeness (QED) is 0.774. The van der Waals surface area contributed by atoms with E-state index < -0.39 is 0 Å². The Bertz CT molecular complexity index is 476. The van der Waals surface area contributed by atoms with Crippen molar-refractivity contribution in [3.63, 3.8) is 0 Å². The Hall–Kier alpha value is -1.42. The molecule has 1 aromatic rings. The molecule has 0 aromatic heterocycles. The lowest BCUT2D eigenvalue weighted by molar-refractivity contribution is 0.571. The summed E-state index contributed by atoms with van der Waals surface area (Å²) in [4.78, 5) is 6.93. The van der Waals surface area contributed by atoms with E-state index in [1.54, 1.807) is 11.8 Å². The summed E-state index contributed by atoms with van der Waals surface area (Å²) in [7, 11) is 0. The lowest BCUT2D eigenvalue weighted by atomic mass is 10.1. The first kappa shape index (κ1) is 10.7. The minimum atomic E-state index is 0.810. The number of nitrogens with two attached hydrogens (primary N) is 1. The number of benzene rings is 1. The van der Waals surface area contributed by atoms with Gasteiger partial charge in [0.25, 0.3) is 0 Å². The van der Waals surface area contributed by atoms with Crippen molar-refractivity contribution < 1.29 is 0 Å². The van der Waals surface area contributed by atoms with Crippen LogP contribution in [-0.2, 0) is 0 Å².